The molecule has 0 saturated heterocycles. The van der Waals surface area contributed by atoms with Gasteiger partial charge in [-0.15, -0.1) is 0 Å². The molecule has 1 aliphatic heterocycles. The highest BCUT2D eigenvalue weighted by Gasteiger charge is 2.34. The maximum atomic E-state index is 13.8. The second kappa shape index (κ2) is 11.6. The summed E-state index contributed by atoms with van der Waals surface area (Å²) in [7, 11) is 0. The highest BCUT2D eigenvalue weighted by Crippen LogP contribution is 2.39. The molecule has 40 heavy (non-hydrogen) atoms. The first kappa shape index (κ1) is 27.6. The third kappa shape index (κ3) is 5.64. The maximum Gasteiger partial charge on any atom is 0.255 e. The monoisotopic (exact) mass is 577 g/mol. The summed E-state index contributed by atoms with van der Waals surface area (Å²) in [6, 6.07) is 16.4. The van der Waals surface area contributed by atoms with Crippen molar-refractivity contribution in [3.63, 3.8) is 0 Å². The highest BCUT2D eigenvalue weighted by molar-refractivity contribution is 6.42. The van der Waals surface area contributed by atoms with Crippen LogP contribution in [0.4, 0.5) is 11.6 Å². The van der Waals surface area contributed by atoms with Gasteiger partial charge in [-0.05, 0) is 74.7 Å². The van der Waals surface area contributed by atoms with Gasteiger partial charge in [-0.1, -0.05) is 53.0 Å². The Balaban J connectivity index is 1.48. The number of carbonyl (C=O) groups excluding carboxylic acids is 1. The van der Waals surface area contributed by atoms with E-state index in [1.54, 1.807) is 16.8 Å². The van der Waals surface area contributed by atoms with Gasteiger partial charge in [0.15, 0.2) is 11.5 Å². The predicted molar refractivity (Wildman–Crippen MR) is 157 cm³/mol. The minimum atomic E-state index is -0.548. The number of benzene rings is 3. The van der Waals surface area contributed by atoms with Crippen LogP contribution in [0, 0.1) is 13.8 Å². The lowest BCUT2D eigenvalue weighted by Gasteiger charge is -2.29. The minimum absolute atomic E-state index is 0.235. The minimum Gasteiger partial charge on any atom is -0.490 e. The maximum absolute atomic E-state index is 13.8. The average Bonchev–Trinajstić information content (AvgIpc) is 3.39. The molecule has 1 aromatic heterocycles. The highest BCUT2D eigenvalue weighted by atomic mass is 35.5. The number of nitrogens with one attached hydrogen (secondary N) is 2. The Morgan fingerprint density at radius 3 is 2.58 bits per heavy atom. The Morgan fingerprint density at radius 2 is 1.82 bits per heavy atom. The standard InChI is InChI=1S/C30H29Cl2N5O3/c1-5-39-26-14-21(8-11-25(26)40-15-20-7-9-22(31)23(32)13-20)28-27(19(4)35-30-33-16-34-37(28)30)29(38)36-24-10-6-17(2)12-18(24)3/h6-14,16,28H,5,15H2,1-4H3,(H,36,38)(H,33,34,35)/t28-/m1/s1. The fourth-order valence-corrected chi connectivity index (χ4v) is 5.03. The number of hydrogen-bond donors (Lipinski definition) is 2. The van der Waals surface area contributed by atoms with E-state index < -0.39 is 6.04 Å². The molecule has 2 heterocycles. The van der Waals surface area contributed by atoms with Gasteiger partial charge in [0.05, 0.1) is 22.2 Å². The number of aryl methyl sites for hydroxylation is 2. The third-order valence-corrected chi connectivity index (χ3v) is 7.37. The van der Waals surface area contributed by atoms with E-state index in [0.717, 1.165) is 27.9 Å². The molecule has 206 valence electrons. The summed E-state index contributed by atoms with van der Waals surface area (Å²) in [5.41, 5.74) is 5.73. The van der Waals surface area contributed by atoms with Crippen molar-refractivity contribution in [2.24, 2.45) is 0 Å². The Bertz CT molecular complexity index is 1610. The quantitative estimate of drug-likeness (QED) is 0.232. The van der Waals surface area contributed by atoms with E-state index in [4.69, 9.17) is 32.7 Å². The van der Waals surface area contributed by atoms with Gasteiger partial charge in [-0.2, -0.15) is 10.1 Å². The number of hydrogen-bond acceptors (Lipinski definition) is 6. The van der Waals surface area contributed by atoms with Gasteiger partial charge in [-0.3, -0.25) is 4.79 Å². The van der Waals surface area contributed by atoms with Crippen molar-refractivity contribution in [3.05, 3.63) is 104 Å². The molecule has 0 bridgehead atoms. The van der Waals surface area contributed by atoms with Crippen LogP contribution >= 0.6 is 23.2 Å². The molecule has 2 N–H and O–H groups in total. The lowest BCUT2D eigenvalue weighted by Crippen LogP contribution is -2.31. The molecule has 10 heteroatoms. The first-order valence-corrected chi connectivity index (χ1v) is 13.6. The van der Waals surface area contributed by atoms with Crippen molar-refractivity contribution < 1.29 is 14.3 Å². The van der Waals surface area contributed by atoms with Gasteiger partial charge in [0.2, 0.25) is 5.95 Å². The number of allylic oxidation sites excluding steroid dienone is 1. The lowest BCUT2D eigenvalue weighted by atomic mass is 9.94. The van der Waals surface area contributed by atoms with Crippen molar-refractivity contribution in [1.29, 1.82) is 0 Å². The summed E-state index contributed by atoms with van der Waals surface area (Å²) >= 11 is 12.2. The van der Waals surface area contributed by atoms with Gasteiger partial charge >= 0.3 is 0 Å². The first-order valence-electron chi connectivity index (χ1n) is 12.8. The van der Waals surface area contributed by atoms with Gasteiger partial charge in [0, 0.05) is 11.4 Å². The van der Waals surface area contributed by atoms with Crippen molar-refractivity contribution in [3.8, 4) is 11.5 Å². The number of amides is 1. The summed E-state index contributed by atoms with van der Waals surface area (Å²) < 4.78 is 13.8. The topological polar surface area (TPSA) is 90.3 Å². The smallest absolute Gasteiger partial charge is 0.255 e. The predicted octanol–water partition coefficient (Wildman–Crippen LogP) is 7.11. The van der Waals surface area contributed by atoms with Gasteiger partial charge < -0.3 is 20.1 Å². The van der Waals surface area contributed by atoms with Crippen LogP contribution in [-0.2, 0) is 11.4 Å². The Kier molecular flexibility index (Phi) is 8.00. The largest absolute Gasteiger partial charge is 0.490 e. The third-order valence-electron chi connectivity index (χ3n) is 6.63. The van der Waals surface area contributed by atoms with E-state index in [-0.39, 0.29) is 12.5 Å². The molecule has 5 rings (SSSR count). The van der Waals surface area contributed by atoms with Crippen LogP contribution in [0.1, 0.15) is 42.1 Å². The fraction of sp³-hybridized carbons (Fsp3) is 0.233. The van der Waals surface area contributed by atoms with Crippen LogP contribution in [0.2, 0.25) is 10.0 Å². The number of ether oxygens (including phenoxy) is 2. The van der Waals surface area contributed by atoms with Crippen molar-refractivity contribution >= 4 is 40.7 Å². The molecular weight excluding hydrogens is 549 g/mol. The second-order valence-corrected chi connectivity index (χ2v) is 10.4. The molecule has 1 atom stereocenters. The van der Waals surface area contributed by atoms with E-state index in [0.29, 0.717) is 45.4 Å². The molecule has 3 aromatic carbocycles. The number of nitrogens with zero attached hydrogens (tertiary/aromatic N) is 3. The average molecular weight is 579 g/mol. The van der Waals surface area contributed by atoms with Crippen LogP contribution in [-0.4, -0.2) is 27.3 Å². The van der Waals surface area contributed by atoms with E-state index in [2.05, 4.69) is 20.7 Å². The summed E-state index contributed by atoms with van der Waals surface area (Å²) in [6.45, 7) is 8.47. The molecule has 0 fully saturated rings. The normalized spacial score (nSPS) is 14.4. The molecular formula is C30H29Cl2N5O3. The number of fused-ring (bicyclic) bond motifs is 1. The van der Waals surface area contributed by atoms with Gasteiger partial charge in [-0.25, -0.2) is 4.68 Å². The second-order valence-electron chi connectivity index (χ2n) is 9.54. The van der Waals surface area contributed by atoms with Crippen LogP contribution < -0.4 is 20.1 Å². The molecule has 0 aliphatic carbocycles. The van der Waals surface area contributed by atoms with E-state index in [9.17, 15) is 4.79 Å². The summed E-state index contributed by atoms with van der Waals surface area (Å²) in [4.78, 5) is 18.1. The van der Waals surface area contributed by atoms with E-state index >= 15 is 0 Å². The van der Waals surface area contributed by atoms with Crippen molar-refractivity contribution in [1.82, 2.24) is 14.8 Å². The molecule has 0 saturated carbocycles. The summed E-state index contributed by atoms with van der Waals surface area (Å²) in [6.07, 6.45) is 1.46. The Labute approximate surface area is 242 Å². The molecule has 4 aromatic rings. The van der Waals surface area contributed by atoms with Crippen molar-refractivity contribution in [2.45, 2.75) is 40.3 Å². The molecule has 1 amide bonds. The number of carbonyl (C=O) groups is 1. The zero-order valence-corrected chi connectivity index (χ0v) is 24.1. The molecule has 0 radical (unpaired) electrons. The SMILES string of the molecule is CCOc1cc([C@@H]2C(C(=O)Nc3ccc(C)cc3C)=C(C)Nc3ncnn32)ccc1OCc1ccc(Cl)c(Cl)c1. The zero-order chi connectivity index (χ0) is 28.4. The molecule has 0 spiro atoms. The number of rotatable bonds is 8. The Hall–Kier alpha value is -4.01. The number of anilines is 2. The van der Waals surface area contributed by atoms with Crippen LogP contribution in [0.3, 0.4) is 0 Å². The zero-order valence-electron chi connectivity index (χ0n) is 22.6. The summed E-state index contributed by atoms with van der Waals surface area (Å²) in [5, 5.41) is 11.7. The Morgan fingerprint density at radius 1 is 1.00 bits per heavy atom. The van der Waals surface area contributed by atoms with E-state index in [1.165, 1.54) is 6.33 Å². The van der Waals surface area contributed by atoms with Gasteiger partial charge in [0.1, 0.15) is 19.0 Å². The molecule has 8 nitrogen and oxygen atoms in total. The molecule has 1 aliphatic rings. The number of aromatic nitrogens is 3. The van der Waals surface area contributed by atoms with Crippen LogP contribution in [0.15, 0.2) is 72.2 Å². The van der Waals surface area contributed by atoms with Crippen molar-refractivity contribution in [2.75, 3.05) is 17.2 Å². The summed E-state index contributed by atoms with van der Waals surface area (Å²) in [5.74, 6) is 1.42. The van der Waals surface area contributed by atoms with E-state index in [1.807, 2.05) is 70.2 Å². The molecule has 0 unspecified atom stereocenters. The van der Waals surface area contributed by atoms with Crippen LogP contribution in [0.25, 0.3) is 0 Å². The first-order chi connectivity index (χ1) is 19.2. The van der Waals surface area contributed by atoms with Crippen LogP contribution in [0.5, 0.6) is 11.5 Å². The number of halogens is 2. The fourth-order valence-electron chi connectivity index (χ4n) is 4.71. The lowest BCUT2D eigenvalue weighted by molar-refractivity contribution is -0.113. The van der Waals surface area contributed by atoms with Gasteiger partial charge in [0.25, 0.3) is 5.91 Å².